The Labute approximate surface area is 134 Å². The van der Waals surface area contributed by atoms with Crippen molar-refractivity contribution in [1.82, 2.24) is 9.78 Å². The van der Waals surface area contributed by atoms with Crippen LogP contribution in [-0.4, -0.2) is 24.5 Å². The van der Waals surface area contributed by atoms with Gasteiger partial charge in [0.2, 0.25) is 0 Å². The zero-order valence-corrected chi connectivity index (χ0v) is 14.8. The van der Waals surface area contributed by atoms with Crippen LogP contribution < -0.4 is 5.73 Å². The minimum atomic E-state index is -4.49. The lowest BCUT2D eigenvalue weighted by atomic mass is 10.1. The fourth-order valence-corrected chi connectivity index (χ4v) is 3.03. The lowest BCUT2D eigenvalue weighted by Crippen LogP contribution is -2.22. The van der Waals surface area contributed by atoms with Crippen LogP contribution in [0.2, 0.25) is 25.7 Å². The van der Waals surface area contributed by atoms with Crippen molar-refractivity contribution in [2.24, 2.45) is 0 Å². The number of aromatic nitrogens is 2. The Kier molecular flexibility index (Phi) is 4.77. The maximum atomic E-state index is 13.0. The highest BCUT2D eigenvalue weighted by atomic mass is 28.3. The monoisotopic (exact) mass is 345 g/mol. The van der Waals surface area contributed by atoms with E-state index in [4.69, 9.17) is 10.5 Å². The molecule has 8 heteroatoms. The van der Waals surface area contributed by atoms with E-state index in [0.717, 1.165) is 12.1 Å². The third-order valence-corrected chi connectivity index (χ3v) is 5.33. The second-order valence-electron chi connectivity index (χ2n) is 6.89. The van der Waals surface area contributed by atoms with Crippen molar-refractivity contribution >= 4 is 24.7 Å². The molecule has 0 bridgehead atoms. The molecular weight excluding hydrogens is 323 g/mol. The van der Waals surface area contributed by atoms with Crippen molar-refractivity contribution in [2.45, 2.75) is 45.5 Å². The Balaban J connectivity index is 2.27. The van der Waals surface area contributed by atoms with Crippen molar-refractivity contribution in [1.29, 1.82) is 0 Å². The van der Waals surface area contributed by atoms with Crippen LogP contribution in [0.25, 0.3) is 10.9 Å². The van der Waals surface area contributed by atoms with Crippen molar-refractivity contribution in [3.05, 3.63) is 23.4 Å². The molecule has 2 aromatic rings. The third-order valence-electron chi connectivity index (χ3n) is 3.62. The molecule has 0 aliphatic carbocycles. The molecule has 0 unspecified atom stereocenters. The first-order valence-electron chi connectivity index (χ1n) is 7.40. The number of fused-ring (bicyclic) bond motifs is 1. The summed E-state index contributed by atoms with van der Waals surface area (Å²) >= 11 is 0. The van der Waals surface area contributed by atoms with Gasteiger partial charge in [0, 0.05) is 25.8 Å². The van der Waals surface area contributed by atoms with E-state index in [9.17, 15) is 13.2 Å². The summed E-state index contributed by atoms with van der Waals surface area (Å²) < 4.78 is 46.1. The normalized spacial score (nSPS) is 13.0. The molecule has 2 rings (SSSR count). The van der Waals surface area contributed by atoms with E-state index >= 15 is 0 Å². The molecule has 0 spiro atoms. The molecule has 0 radical (unpaired) electrons. The molecule has 0 saturated heterocycles. The van der Waals surface area contributed by atoms with E-state index in [2.05, 4.69) is 24.7 Å². The summed E-state index contributed by atoms with van der Waals surface area (Å²) in [5.74, 6) is 0. The van der Waals surface area contributed by atoms with Gasteiger partial charge < -0.3 is 10.5 Å². The van der Waals surface area contributed by atoms with Crippen LogP contribution >= 0.6 is 0 Å². The standard InChI is InChI=1S/C15H22F3N3OSi/c1-10-11-7-13(19)12(15(16,17)18)8-14(11)21(20-10)9-22-5-6-23(2,3)4/h7-8H,5-6,9,19H2,1-4H3. The van der Waals surface area contributed by atoms with Gasteiger partial charge in [0.05, 0.1) is 16.8 Å². The van der Waals surface area contributed by atoms with Gasteiger partial charge in [0.1, 0.15) is 6.73 Å². The van der Waals surface area contributed by atoms with Crippen LogP contribution in [0, 0.1) is 6.92 Å². The average molecular weight is 345 g/mol. The molecule has 1 heterocycles. The first-order valence-corrected chi connectivity index (χ1v) is 11.1. The molecule has 0 saturated carbocycles. The minimum absolute atomic E-state index is 0.135. The zero-order chi connectivity index (χ0) is 17.4. The number of ether oxygens (including phenoxy) is 1. The van der Waals surface area contributed by atoms with Gasteiger partial charge in [-0.1, -0.05) is 19.6 Å². The average Bonchev–Trinajstić information content (AvgIpc) is 2.68. The van der Waals surface area contributed by atoms with E-state index in [1.54, 1.807) is 6.92 Å². The van der Waals surface area contributed by atoms with Crippen molar-refractivity contribution in [2.75, 3.05) is 12.3 Å². The molecule has 128 valence electrons. The van der Waals surface area contributed by atoms with Gasteiger partial charge in [-0.25, -0.2) is 4.68 Å². The zero-order valence-electron chi connectivity index (χ0n) is 13.8. The fourth-order valence-electron chi connectivity index (χ4n) is 2.27. The summed E-state index contributed by atoms with van der Waals surface area (Å²) in [6.07, 6.45) is -4.49. The van der Waals surface area contributed by atoms with Gasteiger partial charge in [-0.15, -0.1) is 0 Å². The molecule has 0 fully saturated rings. The molecule has 1 aromatic carbocycles. The molecule has 0 amide bonds. The van der Waals surface area contributed by atoms with Crippen molar-refractivity contribution in [3.8, 4) is 0 Å². The largest absolute Gasteiger partial charge is 0.418 e. The number of halogens is 3. The van der Waals surface area contributed by atoms with Gasteiger partial charge in [-0.2, -0.15) is 18.3 Å². The molecule has 4 nitrogen and oxygen atoms in total. The summed E-state index contributed by atoms with van der Waals surface area (Å²) in [7, 11) is -1.21. The lowest BCUT2D eigenvalue weighted by Gasteiger charge is -2.15. The van der Waals surface area contributed by atoms with Crippen LogP contribution in [0.5, 0.6) is 0 Å². The van der Waals surface area contributed by atoms with Gasteiger partial charge in [0.15, 0.2) is 0 Å². The first kappa shape index (κ1) is 17.8. The molecule has 1 aromatic heterocycles. The summed E-state index contributed by atoms with van der Waals surface area (Å²) in [6.45, 7) is 9.17. The Morgan fingerprint density at radius 2 is 1.91 bits per heavy atom. The van der Waals surface area contributed by atoms with E-state index in [0.29, 0.717) is 23.2 Å². The number of anilines is 1. The number of hydrogen-bond donors (Lipinski definition) is 1. The summed E-state index contributed by atoms with van der Waals surface area (Å²) in [5, 5.41) is 4.88. The number of nitrogen functional groups attached to an aromatic ring is 1. The predicted octanol–water partition coefficient (Wildman–Crippen LogP) is 4.26. The topological polar surface area (TPSA) is 53.1 Å². The summed E-state index contributed by atoms with van der Waals surface area (Å²) in [5.41, 5.74) is 5.43. The van der Waals surface area contributed by atoms with Crippen molar-refractivity contribution in [3.63, 3.8) is 0 Å². The SMILES string of the molecule is Cc1nn(COCC[Si](C)(C)C)c2cc(C(F)(F)F)c(N)cc12. The Morgan fingerprint density at radius 3 is 2.48 bits per heavy atom. The molecule has 23 heavy (non-hydrogen) atoms. The maximum absolute atomic E-state index is 13.0. The first-order chi connectivity index (χ1) is 10.5. The smallest absolute Gasteiger partial charge is 0.398 e. The van der Waals surface area contributed by atoms with Crippen LogP contribution in [0.15, 0.2) is 12.1 Å². The van der Waals surface area contributed by atoms with E-state index in [1.165, 1.54) is 10.7 Å². The van der Waals surface area contributed by atoms with E-state index in [1.807, 2.05) is 0 Å². The number of benzene rings is 1. The van der Waals surface area contributed by atoms with Gasteiger partial charge in [0.25, 0.3) is 0 Å². The van der Waals surface area contributed by atoms with Gasteiger partial charge in [-0.05, 0) is 25.1 Å². The van der Waals surface area contributed by atoms with Gasteiger partial charge in [-0.3, -0.25) is 0 Å². The van der Waals surface area contributed by atoms with Crippen LogP contribution in [0.3, 0.4) is 0 Å². The number of alkyl halides is 3. The molecule has 2 N–H and O–H groups in total. The van der Waals surface area contributed by atoms with Crippen molar-refractivity contribution < 1.29 is 17.9 Å². The highest BCUT2D eigenvalue weighted by Crippen LogP contribution is 2.36. The highest BCUT2D eigenvalue weighted by Gasteiger charge is 2.33. The Bertz CT molecular complexity index is 705. The number of hydrogen-bond acceptors (Lipinski definition) is 3. The predicted molar refractivity (Wildman–Crippen MR) is 88.0 cm³/mol. The van der Waals surface area contributed by atoms with Crippen LogP contribution in [0.4, 0.5) is 18.9 Å². The molecule has 0 aliphatic rings. The fraction of sp³-hybridized carbons (Fsp3) is 0.533. The van der Waals surface area contributed by atoms with Crippen LogP contribution in [-0.2, 0) is 17.6 Å². The second kappa shape index (κ2) is 6.16. The van der Waals surface area contributed by atoms with Crippen LogP contribution in [0.1, 0.15) is 11.3 Å². The summed E-state index contributed by atoms with van der Waals surface area (Å²) in [6, 6.07) is 3.37. The lowest BCUT2D eigenvalue weighted by molar-refractivity contribution is -0.136. The highest BCUT2D eigenvalue weighted by molar-refractivity contribution is 6.76. The van der Waals surface area contributed by atoms with Gasteiger partial charge >= 0.3 is 6.18 Å². The third kappa shape index (κ3) is 4.26. The number of aryl methyl sites for hydroxylation is 1. The molecular formula is C15H22F3N3OSi. The molecule has 0 aliphatic heterocycles. The van der Waals surface area contributed by atoms with E-state index in [-0.39, 0.29) is 12.4 Å². The molecule has 0 atom stereocenters. The Hall–Kier alpha value is -1.54. The maximum Gasteiger partial charge on any atom is 0.418 e. The Morgan fingerprint density at radius 1 is 1.26 bits per heavy atom. The number of rotatable bonds is 5. The number of nitrogens with zero attached hydrogens (tertiary/aromatic N) is 2. The summed E-state index contributed by atoms with van der Waals surface area (Å²) in [4.78, 5) is 0. The van der Waals surface area contributed by atoms with E-state index < -0.39 is 19.8 Å². The minimum Gasteiger partial charge on any atom is -0.398 e. The second-order valence-corrected chi connectivity index (χ2v) is 12.5. The quantitative estimate of drug-likeness (QED) is 0.500. The number of nitrogens with two attached hydrogens (primary N) is 1.